The van der Waals surface area contributed by atoms with Gasteiger partial charge in [0, 0.05) is 37.3 Å². The molecule has 0 saturated carbocycles. The molecule has 3 aliphatic rings. The zero-order valence-corrected chi connectivity index (χ0v) is 14.1. The highest BCUT2D eigenvalue weighted by Crippen LogP contribution is 2.33. The molecule has 1 aromatic carbocycles. The van der Waals surface area contributed by atoms with Gasteiger partial charge < -0.3 is 9.80 Å². The fraction of sp³-hybridized carbons (Fsp3) is 0.550. The fourth-order valence-corrected chi connectivity index (χ4v) is 4.45. The smallest absolute Gasteiger partial charge is 0.226 e. The Morgan fingerprint density at radius 3 is 2.67 bits per heavy atom. The highest BCUT2D eigenvalue weighted by atomic mass is 19.1. The number of amides is 1. The number of allylic oxidation sites excluding steroid dienone is 2. The van der Waals surface area contributed by atoms with Crippen LogP contribution in [-0.4, -0.2) is 36.5 Å². The summed E-state index contributed by atoms with van der Waals surface area (Å²) in [5.74, 6) is 0.404. The largest absolute Gasteiger partial charge is 0.368 e. The normalized spacial score (nSPS) is 24.3. The minimum atomic E-state index is -0.141. The number of carbonyl (C=O) groups is 1. The molecule has 4 rings (SSSR count). The molecule has 0 radical (unpaired) electrons. The van der Waals surface area contributed by atoms with Crippen molar-refractivity contribution in [3.05, 3.63) is 41.7 Å². The molecule has 1 aromatic rings. The van der Waals surface area contributed by atoms with E-state index in [-0.39, 0.29) is 11.7 Å². The second-order valence-electron chi connectivity index (χ2n) is 7.25. The molecule has 1 aliphatic carbocycles. The second-order valence-corrected chi connectivity index (χ2v) is 7.25. The minimum absolute atomic E-state index is 0.141. The summed E-state index contributed by atoms with van der Waals surface area (Å²) in [6, 6.07) is 5.63. The number of carbonyl (C=O) groups excluding carboxylic acids is 1. The Morgan fingerprint density at radius 1 is 1.08 bits per heavy atom. The van der Waals surface area contributed by atoms with Crippen LogP contribution >= 0.6 is 0 Å². The molecule has 1 fully saturated rings. The number of nitrogens with zero attached hydrogens (tertiary/aromatic N) is 2. The van der Waals surface area contributed by atoms with Gasteiger partial charge in [-0.1, -0.05) is 12.2 Å². The molecule has 0 bridgehead atoms. The van der Waals surface area contributed by atoms with E-state index in [1.807, 2.05) is 6.07 Å². The Morgan fingerprint density at radius 2 is 1.92 bits per heavy atom. The first kappa shape index (κ1) is 15.7. The van der Waals surface area contributed by atoms with Gasteiger partial charge in [-0.2, -0.15) is 0 Å². The number of hydrogen-bond acceptors (Lipinski definition) is 2. The third kappa shape index (κ3) is 2.94. The van der Waals surface area contributed by atoms with Crippen LogP contribution in [-0.2, 0) is 11.2 Å². The lowest BCUT2D eigenvalue weighted by Gasteiger charge is -2.39. The van der Waals surface area contributed by atoms with E-state index in [4.69, 9.17) is 0 Å². The molecule has 0 unspecified atom stereocenters. The van der Waals surface area contributed by atoms with Crippen LogP contribution in [0.25, 0.3) is 0 Å². The molecule has 1 saturated heterocycles. The lowest BCUT2D eigenvalue weighted by Crippen LogP contribution is -2.48. The van der Waals surface area contributed by atoms with Crippen LogP contribution in [0.5, 0.6) is 0 Å². The molecule has 24 heavy (non-hydrogen) atoms. The van der Waals surface area contributed by atoms with Crippen molar-refractivity contribution in [2.45, 2.75) is 44.6 Å². The molecule has 3 nitrogen and oxygen atoms in total. The van der Waals surface area contributed by atoms with Crippen LogP contribution < -0.4 is 4.90 Å². The molecular weight excluding hydrogens is 303 g/mol. The van der Waals surface area contributed by atoms with E-state index >= 15 is 0 Å². The van der Waals surface area contributed by atoms with E-state index in [1.165, 1.54) is 5.69 Å². The summed E-state index contributed by atoms with van der Waals surface area (Å²) in [5, 5.41) is 0. The maximum atomic E-state index is 13.4. The number of fused-ring (bicyclic) bond motifs is 1. The predicted octanol–water partition coefficient (Wildman–Crippen LogP) is 3.54. The Hall–Kier alpha value is -1.84. The number of halogens is 1. The molecule has 128 valence electrons. The lowest BCUT2D eigenvalue weighted by atomic mass is 9.92. The van der Waals surface area contributed by atoms with Crippen molar-refractivity contribution < 1.29 is 9.18 Å². The molecule has 2 heterocycles. The van der Waals surface area contributed by atoms with E-state index in [0.717, 1.165) is 63.7 Å². The van der Waals surface area contributed by atoms with Crippen molar-refractivity contribution in [3.63, 3.8) is 0 Å². The van der Waals surface area contributed by atoms with Gasteiger partial charge in [0.2, 0.25) is 5.91 Å². The number of benzene rings is 1. The van der Waals surface area contributed by atoms with E-state index < -0.39 is 0 Å². The van der Waals surface area contributed by atoms with Crippen molar-refractivity contribution >= 4 is 11.6 Å². The lowest BCUT2D eigenvalue weighted by molar-refractivity contribution is -0.136. The van der Waals surface area contributed by atoms with Crippen LogP contribution in [0.3, 0.4) is 0 Å². The van der Waals surface area contributed by atoms with Crippen molar-refractivity contribution in [2.24, 2.45) is 5.92 Å². The molecule has 0 spiro atoms. The quantitative estimate of drug-likeness (QED) is 0.775. The topological polar surface area (TPSA) is 23.6 Å². The summed E-state index contributed by atoms with van der Waals surface area (Å²) >= 11 is 0. The van der Waals surface area contributed by atoms with Crippen molar-refractivity contribution in [1.82, 2.24) is 4.90 Å². The monoisotopic (exact) mass is 328 g/mol. The van der Waals surface area contributed by atoms with Crippen LogP contribution in [0.15, 0.2) is 30.4 Å². The van der Waals surface area contributed by atoms with E-state index in [2.05, 4.69) is 22.0 Å². The molecule has 0 N–H and O–H groups in total. The average molecular weight is 328 g/mol. The summed E-state index contributed by atoms with van der Waals surface area (Å²) in [7, 11) is 0. The predicted molar refractivity (Wildman–Crippen MR) is 93.5 cm³/mol. The van der Waals surface area contributed by atoms with Gasteiger partial charge >= 0.3 is 0 Å². The van der Waals surface area contributed by atoms with Gasteiger partial charge in [-0.3, -0.25) is 4.79 Å². The highest BCUT2D eigenvalue weighted by molar-refractivity contribution is 5.79. The Balaban J connectivity index is 1.37. The Labute approximate surface area is 143 Å². The molecular formula is C20H25FN2O. The first-order chi connectivity index (χ1) is 11.7. The van der Waals surface area contributed by atoms with Gasteiger partial charge in [0.15, 0.2) is 0 Å². The van der Waals surface area contributed by atoms with Gasteiger partial charge in [-0.05, 0) is 62.3 Å². The molecule has 1 amide bonds. The third-order valence-corrected chi connectivity index (χ3v) is 5.81. The molecule has 1 atom stereocenters. The summed E-state index contributed by atoms with van der Waals surface area (Å²) < 4.78 is 13.4. The zero-order valence-electron chi connectivity index (χ0n) is 14.1. The van der Waals surface area contributed by atoms with Gasteiger partial charge in [-0.25, -0.2) is 4.39 Å². The molecule has 0 aromatic heterocycles. The maximum Gasteiger partial charge on any atom is 0.226 e. The highest BCUT2D eigenvalue weighted by Gasteiger charge is 2.32. The van der Waals surface area contributed by atoms with Crippen molar-refractivity contribution in [1.29, 1.82) is 0 Å². The van der Waals surface area contributed by atoms with E-state index in [1.54, 1.807) is 12.1 Å². The summed E-state index contributed by atoms with van der Waals surface area (Å²) in [6.45, 7) is 2.69. The van der Waals surface area contributed by atoms with Crippen molar-refractivity contribution in [2.75, 3.05) is 24.5 Å². The third-order valence-electron chi connectivity index (χ3n) is 5.81. The molecule has 2 aliphatic heterocycles. The summed E-state index contributed by atoms with van der Waals surface area (Å²) in [5.41, 5.74) is 2.32. The van der Waals surface area contributed by atoms with Gasteiger partial charge in [-0.15, -0.1) is 0 Å². The number of anilines is 1. The van der Waals surface area contributed by atoms with Crippen molar-refractivity contribution in [3.8, 4) is 0 Å². The van der Waals surface area contributed by atoms with Crippen LogP contribution in [0.2, 0.25) is 0 Å². The standard InChI is InChI=1S/C20H25FN2O/c21-17-6-7-19-16(14-17)8-13-23(19)18-9-11-22(12-10-18)20(24)15-4-2-1-3-5-15/h1-2,6-7,14-15,18H,3-5,8-13H2/t15-/m1/s1. The second kappa shape index (κ2) is 6.58. The number of hydrogen-bond donors (Lipinski definition) is 0. The summed E-state index contributed by atoms with van der Waals surface area (Å²) in [4.78, 5) is 17.2. The Bertz CT molecular complexity index is 649. The number of rotatable bonds is 2. The van der Waals surface area contributed by atoms with Crippen LogP contribution in [0.4, 0.5) is 10.1 Å². The average Bonchev–Trinajstić information content (AvgIpc) is 3.05. The first-order valence-electron chi connectivity index (χ1n) is 9.21. The van der Waals surface area contributed by atoms with Crippen LogP contribution in [0, 0.1) is 11.7 Å². The van der Waals surface area contributed by atoms with Gasteiger partial charge in [0.1, 0.15) is 5.82 Å². The zero-order chi connectivity index (χ0) is 16.5. The summed E-state index contributed by atoms with van der Waals surface area (Å²) in [6.07, 6.45) is 10.2. The van der Waals surface area contributed by atoms with E-state index in [0.29, 0.717) is 11.9 Å². The first-order valence-corrected chi connectivity index (χ1v) is 9.21. The number of likely N-dealkylation sites (tertiary alicyclic amines) is 1. The fourth-order valence-electron chi connectivity index (χ4n) is 4.45. The van der Waals surface area contributed by atoms with E-state index in [9.17, 15) is 9.18 Å². The maximum absolute atomic E-state index is 13.4. The SMILES string of the molecule is O=C([C@@H]1CC=CCC1)N1CCC(N2CCc3cc(F)ccc32)CC1. The minimum Gasteiger partial charge on any atom is -0.368 e. The van der Waals surface area contributed by atoms with Gasteiger partial charge in [0.25, 0.3) is 0 Å². The Kier molecular flexibility index (Phi) is 4.30. The van der Waals surface area contributed by atoms with Gasteiger partial charge in [0.05, 0.1) is 0 Å². The molecule has 4 heteroatoms. The van der Waals surface area contributed by atoms with Crippen LogP contribution in [0.1, 0.15) is 37.7 Å². The number of piperidine rings is 1.